The molecule has 0 amide bonds. The SMILES string of the molecule is CC(C)(C)c1ccc2c(c1)c1cc(-c3ccc4c(c3)c3ccccc3n4-c3ccccc3)ccc1n2-c1ccccc1.CC(C)(C)c1ccc2oc3ccccc3c2c1.CC(C)(C)c1ccc2sc3ccccc3c2c1.CC(C)(C)c1cccc(-n2c3ccccc3c3cc(-n4c5ccccc5c5ccccc54)ccc32)c1.CC(C)(C)c1cccc2c1oc1ccccc12.CC(C)(C)c1cccc2c1sc1ccccc12. The van der Waals surface area contributed by atoms with Gasteiger partial charge in [0.05, 0.1) is 44.1 Å². The van der Waals surface area contributed by atoms with Gasteiger partial charge in [0.15, 0.2) is 0 Å². The Morgan fingerprint density at radius 3 is 1.00 bits per heavy atom. The Bertz CT molecular complexity index is 9310. The molecule has 19 aromatic carbocycles. The third-order valence-corrected chi connectivity index (χ3v) is 31.4. The van der Waals surface area contributed by atoms with Crippen molar-refractivity contribution in [2.75, 3.05) is 0 Å². The molecule has 0 fully saturated rings. The molecule has 0 atom stereocenters. The zero-order valence-electron chi connectivity index (χ0n) is 86.8. The van der Waals surface area contributed by atoms with Crippen LogP contribution in [0.15, 0.2) is 433 Å². The monoisotopic (exact) mass is 1930 g/mol. The third kappa shape index (κ3) is 18.0. The molecule has 8 aromatic heterocycles. The number of hydrogen-bond donors (Lipinski definition) is 0. The van der Waals surface area contributed by atoms with Crippen LogP contribution < -0.4 is 0 Å². The fraction of sp³-hybridized carbons (Fsp3) is 0.174. The highest BCUT2D eigenvalue weighted by Gasteiger charge is 2.27. The Labute approximate surface area is 863 Å². The summed E-state index contributed by atoms with van der Waals surface area (Å²) in [6, 6.07) is 153. The van der Waals surface area contributed by atoms with Crippen LogP contribution in [0.25, 0.3) is 205 Å². The number of hydrogen-bond acceptors (Lipinski definition) is 4. The number of furan rings is 2. The first kappa shape index (κ1) is 95.3. The van der Waals surface area contributed by atoms with Gasteiger partial charge in [0.25, 0.3) is 0 Å². The lowest BCUT2D eigenvalue weighted by molar-refractivity contribution is 0.573. The van der Waals surface area contributed by atoms with Crippen LogP contribution in [0.2, 0.25) is 0 Å². The zero-order valence-corrected chi connectivity index (χ0v) is 88.5. The maximum absolute atomic E-state index is 6.01. The molecule has 0 aliphatic rings. The van der Waals surface area contributed by atoms with E-state index in [2.05, 4.69) is 543 Å². The van der Waals surface area contributed by atoms with E-state index in [-0.39, 0.29) is 32.5 Å². The summed E-state index contributed by atoms with van der Waals surface area (Å²) in [5, 5.41) is 20.7. The molecule has 0 aliphatic carbocycles. The molecular formula is C138H124N4O2S2. The molecule has 0 saturated carbocycles. The van der Waals surface area contributed by atoms with Crippen molar-refractivity contribution in [2.45, 2.75) is 157 Å². The number of nitrogens with zero attached hydrogens (tertiary/aromatic N) is 4. The van der Waals surface area contributed by atoms with Crippen LogP contribution in [0.1, 0.15) is 158 Å². The Morgan fingerprint density at radius 1 is 0.171 bits per heavy atom. The van der Waals surface area contributed by atoms with Crippen LogP contribution in [0.3, 0.4) is 0 Å². The van der Waals surface area contributed by atoms with E-state index >= 15 is 0 Å². The van der Waals surface area contributed by atoms with Crippen LogP contribution in [-0.4, -0.2) is 18.3 Å². The Hall–Kier alpha value is -15.6. The van der Waals surface area contributed by atoms with Gasteiger partial charge < -0.3 is 27.1 Å². The fourth-order valence-electron chi connectivity index (χ4n) is 21.3. The molecule has 6 nitrogen and oxygen atoms in total. The highest BCUT2D eigenvalue weighted by Crippen LogP contribution is 2.47. The van der Waals surface area contributed by atoms with Crippen LogP contribution in [0.5, 0.6) is 0 Å². The largest absolute Gasteiger partial charge is 0.456 e. The number of para-hydroxylation sites is 9. The van der Waals surface area contributed by atoms with E-state index in [4.69, 9.17) is 8.83 Å². The lowest BCUT2D eigenvalue weighted by Crippen LogP contribution is -2.11. The lowest BCUT2D eigenvalue weighted by atomic mass is 9.86. The second-order valence-electron chi connectivity index (χ2n) is 45.2. The van der Waals surface area contributed by atoms with Crippen LogP contribution in [-0.2, 0) is 32.5 Å². The van der Waals surface area contributed by atoms with Gasteiger partial charge in [-0.25, -0.2) is 0 Å². The van der Waals surface area contributed by atoms with E-state index in [1.54, 1.807) is 0 Å². The summed E-state index contributed by atoms with van der Waals surface area (Å²) in [6.07, 6.45) is 0. The van der Waals surface area contributed by atoms with E-state index in [1.165, 1.54) is 216 Å². The molecule has 27 aromatic rings. The second kappa shape index (κ2) is 37.5. The van der Waals surface area contributed by atoms with Crippen molar-refractivity contribution in [2.24, 2.45) is 0 Å². The molecule has 720 valence electrons. The minimum Gasteiger partial charge on any atom is -0.456 e. The highest BCUT2D eigenvalue weighted by molar-refractivity contribution is 7.26. The standard InChI is InChI=1S/C40H32N2.C34H28N2.2C16H16O.2C16H16S/c1-40(2,3)29-20-23-39-35(26-29)34-25-28(19-22-38(34)42(39)31-14-8-5-9-15-31)27-18-21-37-33(24-27)32-16-10-11-17-36(32)41(37)30-12-6-4-7-13-30;1-34(2,3)23-11-10-12-24(21-23)35-32-18-9-6-15-28(32)29-22-25(19-20-33(29)35)36-30-16-7-4-13-26(30)27-14-5-8-17-31(27)36;1-16(2,3)13-9-6-8-12-11-7-4-5-10-14(11)17-15(12)13;1-16(2,3)11-8-9-15-13(10-11)12-6-4-5-7-14(12)17-15;1-16(2,3)13-9-6-8-12-11-7-4-5-10-14(11)17-15(12)13;1-16(2,3)11-8-9-15-13(10-11)12-6-4-5-7-14(12)17-15/h4-26H,1-3H3;4-22H,1-3H3;4*4-10H,1-3H3. The maximum Gasteiger partial charge on any atom is 0.139 e. The Morgan fingerprint density at radius 2 is 0.486 bits per heavy atom. The van der Waals surface area contributed by atoms with Crippen molar-refractivity contribution < 1.29 is 8.83 Å². The second-order valence-corrected chi connectivity index (χ2v) is 47.3. The van der Waals surface area contributed by atoms with Gasteiger partial charge in [-0.2, -0.15) is 0 Å². The summed E-state index contributed by atoms with van der Waals surface area (Å²) in [5.41, 5.74) is 30.1. The van der Waals surface area contributed by atoms with Gasteiger partial charge in [-0.1, -0.05) is 385 Å². The van der Waals surface area contributed by atoms with Crippen molar-refractivity contribution in [1.82, 2.24) is 18.3 Å². The molecule has 8 heteroatoms. The normalized spacial score (nSPS) is 12.3. The van der Waals surface area contributed by atoms with Gasteiger partial charge in [-0.05, 0) is 235 Å². The summed E-state index contributed by atoms with van der Waals surface area (Å²) in [6.45, 7) is 40.7. The molecule has 146 heavy (non-hydrogen) atoms. The first-order valence-electron chi connectivity index (χ1n) is 51.2. The first-order chi connectivity index (χ1) is 70.2. The van der Waals surface area contributed by atoms with Crippen molar-refractivity contribution >= 4 is 194 Å². The van der Waals surface area contributed by atoms with E-state index in [0.29, 0.717) is 0 Å². The van der Waals surface area contributed by atoms with Crippen LogP contribution in [0, 0.1) is 0 Å². The fourth-order valence-corrected chi connectivity index (χ4v) is 23.8. The zero-order chi connectivity index (χ0) is 101. The molecule has 0 N–H and O–H groups in total. The number of thiophene rings is 2. The van der Waals surface area contributed by atoms with Crippen LogP contribution >= 0.6 is 22.7 Å². The molecule has 0 aliphatic heterocycles. The van der Waals surface area contributed by atoms with E-state index in [0.717, 1.165) is 22.3 Å². The summed E-state index contributed by atoms with van der Waals surface area (Å²) in [5.74, 6) is 0. The molecule has 8 heterocycles. The minimum atomic E-state index is 0.0744. The summed E-state index contributed by atoms with van der Waals surface area (Å²) < 4.78 is 27.0. The predicted octanol–water partition coefficient (Wildman–Crippen LogP) is 40.5. The number of benzene rings is 19. The molecule has 0 radical (unpaired) electrons. The number of rotatable bonds is 5. The van der Waals surface area contributed by atoms with Gasteiger partial charge in [-0.3, -0.25) is 0 Å². The van der Waals surface area contributed by atoms with E-state index < -0.39 is 0 Å². The van der Waals surface area contributed by atoms with E-state index in [1.807, 2.05) is 46.9 Å². The maximum atomic E-state index is 6.01. The third-order valence-electron chi connectivity index (χ3n) is 29.0. The van der Waals surface area contributed by atoms with Gasteiger partial charge in [0.1, 0.15) is 22.3 Å². The lowest BCUT2D eigenvalue weighted by Gasteiger charge is -2.20. The molecule has 0 bridgehead atoms. The van der Waals surface area contributed by atoms with E-state index in [9.17, 15) is 0 Å². The van der Waals surface area contributed by atoms with Gasteiger partial charge in [0, 0.05) is 133 Å². The van der Waals surface area contributed by atoms with Gasteiger partial charge in [0.2, 0.25) is 0 Å². The van der Waals surface area contributed by atoms with Gasteiger partial charge in [-0.15, -0.1) is 22.7 Å². The Balaban J connectivity index is 0.000000105. The summed E-state index contributed by atoms with van der Waals surface area (Å²) in [4.78, 5) is 0. The van der Waals surface area contributed by atoms with Gasteiger partial charge >= 0.3 is 0 Å². The quantitative estimate of drug-likeness (QED) is 0.172. The average molecular weight is 1930 g/mol. The molecule has 0 saturated heterocycles. The average Bonchev–Trinajstić information content (AvgIpc) is 1.58. The van der Waals surface area contributed by atoms with Crippen molar-refractivity contribution in [3.63, 3.8) is 0 Å². The highest BCUT2D eigenvalue weighted by atomic mass is 32.1. The number of aromatic nitrogens is 4. The minimum absolute atomic E-state index is 0.0744. The molecule has 0 unspecified atom stereocenters. The van der Waals surface area contributed by atoms with Crippen molar-refractivity contribution in [1.29, 1.82) is 0 Å². The van der Waals surface area contributed by atoms with Crippen molar-refractivity contribution in [3.05, 3.63) is 458 Å². The number of fused-ring (bicyclic) bond motifs is 24. The topological polar surface area (TPSA) is 46.0 Å². The van der Waals surface area contributed by atoms with Crippen molar-refractivity contribution in [3.8, 4) is 33.9 Å². The predicted molar refractivity (Wildman–Crippen MR) is 634 cm³/mol. The molecule has 0 spiro atoms. The van der Waals surface area contributed by atoms with Crippen LogP contribution in [0.4, 0.5) is 0 Å². The Kier molecular flexibility index (Phi) is 24.5. The first-order valence-corrected chi connectivity index (χ1v) is 52.9. The summed E-state index contributed by atoms with van der Waals surface area (Å²) >= 11 is 3.80. The molecule has 27 rings (SSSR count). The molecular weight excluding hydrogens is 1810 g/mol. The smallest absolute Gasteiger partial charge is 0.139 e. The summed E-state index contributed by atoms with van der Waals surface area (Å²) in [7, 11) is 0.